The quantitative estimate of drug-likeness (QED) is 0.614. The molecule has 2 aromatic heterocycles. The zero-order valence-electron chi connectivity index (χ0n) is 15.8. The van der Waals surface area contributed by atoms with Gasteiger partial charge in [-0.25, -0.2) is 19.9 Å². The van der Waals surface area contributed by atoms with Gasteiger partial charge in [0, 0.05) is 19.3 Å². The highest BCUT2D eigenvalue weighted by Crippen LogP contribution is 2.46. The van der Waals surface area contributed by atoms with E-state index >= 15 is 0 Å². The number of hydrogen-bond acceptors (Lipinski definition) is 8. The van der Waals surface area contributed by atoms with Gasteiger partial charge in [-0.2, -0.15) is 0 Å². The van der Waals surface area contributed by atoms with Crippen molar-refractivity contribution in [1.82, 2.24) is 19.9 Å². The lowest BCUT2D eigenvalue weighted by atomic mass is 9.76. The third-order valence-corrected chi connectivity index (χ3v) is 6.48. The van der Waals surface area contributed by atoms with E-state index in [-0.39, 0.29) is 5.95 Å². The van der Waals surface area contributed by atoms with Gasteiger partial charge in [0.2, 0.25) is 5.95 Å². The summed E-state index contributed by atoms with van der Waals surface area (Å²) in [6.45, 7) is 6.25. The topological polar surface area (TPSA) is 107 Å². The van der Waals surface area contributed by atoms with E-state index in [1.54, 1.807) is 12.3 Å². The lowest BCUT2D eigenvalue weighted by molar-refractivity contribution is 0.233. The maximum atomic E-state index is 6.21. The lowest BCUT2D eigenvalue weighted by Crippen LogP contribution is -2.40. The fraction of sp³-hybridized carbons (Fsp3) is 0.474. The number of aromatic nitrogens is 4. The number of nitrogen functional groups attached to an aromatic ring is 2. The molecule has 0 atom stereocenters. The maximum Gasteiger partial charge on any atom is 0.221 e. The standard InChI is InChI=1S/C19H25N7S/c1-12-3-5-19(11-12)6-9-26(10-7-19)16-13(2)23-17(15(20)25-16)27-14-4-8-22-18(21)24-14/h3-4,8H,5-7,9-11H2,1-2H3,(H2,20,25)(H2,21,22,24). The van der Waals surface area contributed by atoms with E-state index in [1.165, 1.54) is 43.0 Å². The number of piperidine rings is 1. The molecule has 1 spiro atoms. The number of rotatable bonds is 3. The van der Waals surface area contributed by atoms with Crippen LogP contribution in [0.4, 0.5) is 17.6 Å². The molecule has 2 aliphatic rings. The smallest absolute Gasteiger partial charge is 0.221 e. The van der Waals surface area contributed by atoms with Crippen molar-refractivity contribution >= 4 is 29.3 Å². The summed E-state index contributed by atoms with van der Waals surface area (Å²) in [5.41, 5.74) is 14.8. The van der Waals surface area contributed by atoms with Crippen LogP contribution in [0.3, 0.4) is 0 Å². The number of hydrogen-bond donors (Lipinski definition) is 2. The molecule has 4 N–H and O–H groups in total. The minimum Gasteiger partial charge on any atom is -0.381 e. The van der Waals surface area contributed by atoms with Gasteiger partial charge in [0.1, 0.15) is 10.1 Å². The van der Waals surface area contributed by atoms with E-state index in [0.29, 0.717) is 21.3 Å². The number of aryl methyl sites for hydroxylation is 1. The monoisotopic (exact) mass is 383 g/mol. The van der Waals surface area contributed by atoms with Crippen molar-refractivity contribution in [2.45, 2.75) is 49.6 Å². The molecular weight excluding hydrogens is 358 g/mol. The molecule has 2 aromatic rings. The van der Waals surface area contributed by atoms with Crippen molar-refractivity contribution in [3.8, 4) is 0 Å². The molecule has 0 bridgehead atoms. The Balaban J connectivity index is 1.49. The summed E-state index contributed by atoms with van der Waals surface area (Å²) in [6, 6.07) is 1.78. The van der Waals surface area contributed by atoms with E-state index in [4.69, 9.17) is 16.5 Å². The van der Waals surface area contributed by atoms with Gasteiger partial charge in [-0.05, 0) is 62.8 Å². The summed E-state index contributed by atoms with van der Waals surface area (Å²) in [4.78, 5) is 19.8. The van der Waals surface area contributed by atoms with E-state index < -0.39 is 0 Å². The lowest BCUT2D eigenvalue weighted by Gasteiger charge is -2.40. The molecule has 0 radical (unpaired) electrons. The molecule has 27 heavy (non-hydrogen) atoms. The van der Waals surface area contributed by atoms with E-state index in [9.17, 15) is 0 Å². The van der Waals surface area contributed by atoms with Gasteiger partial charge in [-0.15, -0.1) is 0 Å². The molecule has 1 aliphatic heterocycles. The van der Waals surface area contributed by atoms with Crippen LogP contribution in [0.15, 0.2) is 34.0 Å². The van der Waals surface area contributed by atoms with Crippen molar-refractivity contribution in [2.24, 2.45) is 5.41 Å². The SMILES string of the molecule is CC1=CCC2(CCN(c3nc(N)c(Sc4ccnc(N)n4)nc3C)CC2)C1. The molecule has 0 aromatic carbocycles. The van der Waals surface area contributed by atoms with Gasteiger partial charge < -0.3 is 16.4 Å². The second kappa shape index (κ2) is 6.99. The number of anilines is 3. The third kappa shape index (κ3) is 3.71. The molecule has 3 heterocycles. The first-order valence-electron chi connectivity index (χ1n) is 9.25. The van der Waals surface area contributed by atoms with Crippen molar-refractivity contribution in [2.75, 3.05) is 29.5 Å². The fourth-order valence-electron chi connectivity index (χ4n) is 4.09. The van der Waals surface area contributed by atoms with Crippen molar-refractivity contribution < 1.29 is 0 Å². The zero-order chi connectivity index (χ0) is 19.0. The van der Waals surface area contributed by atoms with Gasteiger partial charge in [-0.3, -0.25) is 0 Å². The maximum absolute atomic E-state index is 6.21. The Labute approximate surface area is 163 Å². The van der Waals surface area contributed by atoms with Gasteiger partial charge in [-0.1, -0.05) is 11.6 Å². The van der Waals surface area contributed by atoms with Crippen LogP contribution in [0, 0.1) is 12.3 Å². The Hall–Kier alpha value is -2.35. The average molecular weight is 384 g/mol. The normalized spacial score (nSPS) is 18.7. The first kappa shape index (κ1) is 18.0. The molecule has 7 nitrogen and oxygen atoms in total. The van der Waals surface area contributed by atoms with Crippen molar-refractivity contribution in [3.63, 3.8) is 0 Å². The van der Waals surface area contributed by atoms with Crippen LogP contribution in [0.5, 0.6) is 0 Å². The Kier molecular flexibility index (Phi) is 4.67. The molecule has 0 amide bonds. The van der Waals surface area contributed by atoms with Gasteiger partial charge in [0.05, 0.1) is 5.69 Å². The van der Waals surface area contributed by atoms with Crippen LogP contribution in [0.25, 0.3) is 0 Å². The van der Waals surface area contributed by atoms with Crippen LogP contribution >= 0.6 is 11.8 Å². The highest BCUT2D eigenvalue weighted by Gasteiger charge is 2.37. The zero-order valence-corrected chi connectivity index (χ0v) is 16.6. The summed E-state index contributed by atoms with van der Waals surface area (Å²) in [5.74, 6) is 1.56. The number of nitrogens with zero attached hydrogens (tertiary/aromatic N) is 5. The average Bonchev–Trinajstić information content (AvgIpc) is 2.99. The number of nitrogens with two attached hydrogens (primary N) is 2. The molecule has 4 rings (SSSR count). The summed E-state index contributed by atoms with van der Waals surface area (Å²) in [6.07, 6.45) is 8.88. The molecule has 142 valence electrons. The Morgan fingerprint density at radius 2 is 1.89 bits per heavy atom. The van der Waals surface area contributed by atoms with Gasteiger partial charge in [0.15, 0.2) is 11.6 Å². The predicted molar refractivity (Wildman–Crippen MR) is 109 cm³/mol. The van der Waals surface area contributed by atoms with Gasteiger partial charge >= 0.3 is 0 Å². The van der Waals surface area contributed by atoms with Crippen LogP contribution < -0.4 is 16.4 Å². The van der Waals surface area contributed by atoms with E-state index in [0.717, 1.165) is 24.6 Å². The van der Waals surface area contributed by atoms with Crippen molar-refractivity contribution in [3.05, 3.63) is 29.6 Å². The molecule has 1 saturated heterocycles. The third-order valence-electron chi connectivity index (χ3n) is 5.55. The van der Waals surface area contributed by atoms with E-state index in [1.807, 2.05) is 6.92 Å². The van der Waals surface area contributed by atoms with Crippen LogP contribution in [-0.4, -0.2) is 33.0 Å². The first-order chi connectivity index (χ1) is 12.9. The largest absolute Gasteiger partial charge is 0.381 e. The molecule has 1 aliphatic carbocycles. The van der Waals surface area contributed by atoms with Crippen LogP contribution in [0.2, 0.25) is 0 Å². The highest BCUT2D eigenvalue weighted by molar-refractivity contribution is 7.99. The minimum atomic E-state index is 0.235. The molecule has 0 unspecified atom stereocenters. The summed E-state index contributed by atoms with van der Waals surface area (Å²) in [7, 11) is 0. The molecule has 1 fully saturated rings. The van der Waals surface area contributed by atoms with Crippen LogP contribution in [-0.2, 0) is 0 Å². The highest BCUT2D eigenvalue weighted by atomic mass is 32.2. The predicted octanol–water partition coefficient (Wildman–Crippen LogP) is 3.22. The Morgan fingerprint density at radius 1 is 1.11 bits per heavy atom. The molecule has 8 heteroatoms. The molecular formula is C19H25N7S. The Bertz CT molecular complexity index is 888. The van der Waals surface area contributed by atoms with Crippen molar-refractivity contribution in [1.29, 1.82) is 0 Å². The van der Waals surface area contributed by atoms with E-state index in [2.05, 4.69) is 32.9 Å². The molecule has 0 saturated carbocycles. The summed E-state index contributed by atoms with van der Waals surface area (Å²) < 4.78 is 0. The van der Waals surface area contributed by atoms with Crippen LogP contribution in [0.1, 0.15) is 38.3 Å². The summed E-state index contributed by atoms with van der Waals surface area (Å²) >= 11 is 1.36. The number of allylic oxidation sites excluding steroid dienone is 2. The van der Waals surface area contributed by atoms with Gasteiger partial charge in [0.25, 0.3) is 0 Å². The summed E-state index contributed by atoms with van der Waals surface area (Å²) in [5, 5.41) is 1.36. The second-order valence-electron chi connectivity index (χ2n) is 7.60. The minimum absolute atomic E-state index is 0.235. The fourth-order valence-corrected chi connectivity index (χ4v) is 4.89. The second-order valence-corrected chi connectivity index (χ2v) is 8.61. The first-order valence-corrected chi connectivity index (χ1v) is 10.1. The Morgan fingerprint density at radius 3 is 2.56 bits per heavy atom.